The fraction of sp³-hybridized carbons (Fsp3) is 0.737. The number of unbranched alkanes of at least 4 members (excludes halogenated alkanes) is 4. The Bertz CT molecular complexity index is 707. The number of nitrogens with zero attached hydrogens (tertiary/aromatic N) is 4. The van der Waals surface area contributed by atoms with Crippen LogP contribution in [0.1, 0.15) is 71.1 Å². The molecule has 3 amide bonds. The van der Waals surface area contributed by atoms with Crippen molar-refractivity contribution < 1.29 is 38.3 Å². The molecule has 0 aliphatic carbocycles. The van der Waals surface area contributed by atoms with Crippen molar-refractivity contribution in [2.45, 2.75) is 77.4 Å². The Morgan fingerprint density at radius 2 is 1.69 bits per heavy atom. The molecule has 0 bridgehead atoms. The van der Waals surface area contributed by atoms with E-state index in [2.05, 4.69) is 20.2 Å². The normalized spacial score (nSPS) is 13.8. The van der Waals surface area contributed by atoms with Gasteiger partial charge in [-0.3, -0.25) is 24.0 Å². The third-order valence-corrected chi connectivity index (χ3v) is 4.34. The second-order valence-corrected chi connectivity index (χ2v) is 7.02. The summed E-state index contributed by atoms with van der Waals surface area (Å²) in [6.07, 6.45) is 2.12. The average Bonchev–Trinajstić information content (AvgIpc) is 3.04. The number of carbonyl (C=O) groups excluding carboxylic acids is 5. The molecule has 1 rings (SSSR count). The molecule has 13 heteroatoms. The second-order valence-electron chi connectivity index (χ2n) is 7.02. The maximum absolute atomic E-state index is 11.8. The number of imide groups is 1. The number of hydrogen-bond donors (Lipinski definition) is 1. The van der Waals surface area contributed by atoms with Crippen molar-refractivity contribution in [3.8, 4) is 0 Å². The number of rotatable bonds is 15. The molecule has 1 aliphatic heterocycles. The molecule has 1 unspecified atom stereocenters. The molecule has 0 radical (unpaired) electrons. The van der Waals surface area contributed by atoms with Crippen LogP contribution in [0.25, 0.3) is 10.4 Å². The molecule has 0 aromatic rings. The van der Waals surface area contributed by atoms with Crippen LogP contribution >= 0.6 is 0 Å². The quantitative estimate of drug-likeness (QED) is 0.0744. The lowest BCUT2D eigenvalue weighted by atomic mass is 10.1. The smallest absolute Gasteiger partial charge is 0.425 e. The van der Waals surface area contributed by atoms with Crippen LogP contribution < -0.4 is 5.32 Å². The van der Waals surface area contributed by atoms with Crippen molar-refractivity contribution in [3.63, 3.8) is 0 Å². The minimum absolute atomic E-state index is 0.0385. The van der Waals surface area contributed by atoms with E-state index in [9.17, 15) is 24.0 Å². The van der Waals surface area contributed by atoms with Gasteiger partial charge >= 0.3 is 12.1 Å². The molecule has 178 valence electrons. The lowest BCUT2D eigenvalue weighted by Crippen LogP contribution is -2.34. The third kappa shape index (κ3) is 11.7. The van der Waals surface area contributed by atoms with Crippen LogP contribution in [0.3, 0.4) is 0 Å². The Labute approximate surface area is 185 Å². The lowest BCUT2D eigenvalue weighted by molar-refractivity contribution is -0.191. The van der Waals surface area contributed by atoms with Crippen molar-refractivity contribution in [3.05, 3.63) is 10.4 Å². The Kier molecular flexibility index (Phi) is 12.9. The van der Waals surface area contributed by atoms with Crippen molar-refractivity contribution in [1.29, 1.82) is 0 Å². The summed E-state index contributed by atoms with van der Waals surface area (Å²) in [5, 5.41) is 6.56. The lowest BCUT2D eigenvalue weighted by Gasteiger charge is -2.16. The fourth-order valence-electron chi connectivity index (χ4n) is 2.73. The summed E-state index contributed by atoms with van der Waals surface area (Å²) < 4.78 is 9.61. The fourth-order valence-corrected chi connectivity index (χ4v) is 2.73. The molecule has 32 heavy (non-hydrogen) atoms. The minimum atomic E-state index is -1.32. The van der Waals surface area contributed by atoms with Crippen LogP contribution in [0.2, 0.25) is 0 Å². The van der Waals surface area contributed by atoms with Gasteiger partial charge in [0.05, 0.1) is 0 Å². The number of nitrogens with one attached hydrogen (secondary N) is 1. The zero-order chi connectivity index (χ0) is 23.8. The molecule has 0 aromatic carbocycles. The predicted octanol–water partition coefficient (Wildman–Crippen LogP) is 2.64. The second kappa shape index (κ2) is 15.5. The molecule has 0 aromatic heterocycles. The summed E-state index contributed by atoms with van der Waals surface area (Å²) in [6, 6.07) is 0. The van der Waals surface area contributed by atoms with Crippen LogP contribution in [-0.4, -0.2) is 54.3 Å². The molecule has 13 nitrogen and oxygen atoms in total. The molecule has 0 saturated carbocycles. The van der Waals surface area contributed by atoms with Gasteiger partial charge in [0.15, 0.2) is 0 Å². The highest BCUT2D eigenvalue weighted by Gasteiger charge is 2.34. The van der Waals surface area contributed by atoms with E-state index < -0.39 is 30.2 Å². The molecule has 1 saturated heterocycles. The van der Waals surface area contributed by atoms with Gasteiger partial charge < -0.3 is 14.8 Å². The van der Waals surface area contributed by atoms with Gasteiger partial charge in [0.1, 0.15) is 0 Å². The maximum atomic E-state index is 11.8. The van der Waals surface area contributed by atoms with Crippen molar-refractivity contribution in [2.75, 3.05) is 13.1 Å². The van der Waals surface area contributed by atoms with E-state index in [1.807, 2.05) is 0 Å². The molecule has 0 spiro atoms. The van der Waals surface area contributed by atoms with Crippen molar-refractivity contribution >= 4 is 29.8 Å². The first-order valence-electron chi connectivity index (χ1n) is 10.5. The SMILES string of the molecule is CC(OC(=O)CCCCCNC(=O)CCCCCN=[N+]=[N-])OC(=O)ON1C(=O)CCC1=O. The zero-order valence-corrected chi connectivity index (χ0v) is 18.1. The van der Waals surface area contributed by atoms with Crippen molar-refractivity contribution in [2.24, 2.45) is 5.11 Å². The van der Waals surface area contributed by atoms with Crippen LogP contribution in [0.5, 0.6) is 0 Å². The largest absolute Gasteiger partial charge is 0.537 e. The van der Waals surface area contributed by atoms with Gasteiger partial charge in [-0.1, -0.05) is 23.0 Å². The highest BCUT2D eigenvalue weighted by atomic mass is 16.9. The summed E-state index contributed by atoms with van der Waals surface area (Å²) in [4.78, 5) is 64.9. The Morgan fingerprint density at radius 1 is 1.03 bits per heavy atom. The Morgan fingerprint density at radius 3 is 2.38 bits per heavy atom. The molecule has 1 heterocycles. The van der Waals surface area contributed by atoms with Crippen LogP contribution in [0.4, 0.5) is 4.79 Å². The van der Waals surface area contributed by atoms with Gasteiger partial charge in [0.2, 0.25) is 12.2 Å². The van der Waals surface area contributed by atoms with E-state index in [1.165, 1.54) is 6.92 Å². The highest BCUT2D eigenvalue weighted by Crippen LogP contribution is 2.13. The zero-order valence-electron chi connectivity index (χ0n) is 18.1. The first kappa shape index (κ1) is 26.7. The predicted molar refractivity (Wildman–Crippen MR) is 108 cm³/mol. The monoisotopic (exact) mass is 455 g/mol. The number of ether oxygens (including phenoxy) is 2. The van der Waals surface area contributed by atoms with Gasteiger partial charge in [0, 0.05) is 50.6 Å². The topological polar surface area (TPSA) is 177 Å². The van der Waals surface area contributed by atoms with E-state index in [-0.39, 0.29) is 25.2 Å². The molecular weight excluding hydrogens is 426 g/mol. The summed E-state index contributed by atoms with van der Waals surface area (Å²) in [7, 11) is 0. The van der Waals surface area contributed by atoms with Crippen LogP contribution in [-0.2, 0) is 33.5 Å². The number of azide groups is 1. The minimum Gasteiger partial charge on any atom is -0.425 e. The van der Waals surface area contributed by atoms with Crippen molar-refractivity contribution in [1.82, 2.24) is 10.4 Å². The number of amides is 3. The molecule has 1 atom stereocenters. The van der Waals surface area contributed by atoms with Gasteiger partial charge in [-0.2, -0.15) is 0 Å². The standard InChI is InChI=1S/C19H29N5O8/c1-14(31-19(29)32-24-16(26)10-11-17(24)27)30-18(28)9-5-3-6-12-21-15(25)8-4-2-7-13-22-23-20/h14H,2-13H2,1H3,(H,21,25). The number of hydrogen-bond acceptors (Lipinski definition) is 9. The first-order valence-corrected chi connectivity index (χ1v) is 10.5. The third-order valence-electron chi connectivity index (χ3n) is 4.34. The summed E-state index contributed by atoms with van der Waals surface area (Å²) >= 11 is 0. The van der Waals surface area contributed by atoms with E-state index in [1.54, 1.807) is 0 Å². The Balaban J connectivity index is 2.03. The highest BCUT2D eigenvalue weighted by molar-refractivity contribution is 6.01. The van der Waals surface area contributed by atoms with Crippen LogP contribution in [0, 0.1) is 0 Å². The number of esters is 1. The van der Waals surface area contributed by atoms with E-state index in [4.69, 9.17) is 15.0 Å². The van der Waals surface area contributed by atoms with Gasteiger partial charge in [-0.05, 0) is 31.2 Å². The molecule has 1 N–H and O–H groups in total. The summed E-state index contributed by atoms with van der Waals surface area (Å²) in [5.74, 6) is -1.91. The number of hydroxylamine groups is 2. The van der Waals surface area contributed by atoms with Gasteiger partial charge in [0.25, 0.3) is 11.8 Å². The Hall–Kier alpha value is -3.34. The van der Waals surface area contributed by atoms with Gasteiger partial charge in [-0.25, -0.2) is 4.79 Å². The van der Waals surface area contributed by atoms with E-state index in [0.717, 1.165) is 19.3 Å². The number of carbonyl (C=O) groups is 5. The first-order chi connectivity index (χ1) is 15.3. The van der Waals surface area contributed by atoms with Crippen LogP contribution in [0.15, 0.2) is 5.11 Å². The summed E-state index contributed by atoms with van der Waals surface area (Å²) in [5.41, 5.74) is 8.15. The molecular formula is C19H29N5O8. The molecule has 1 fully saturated rings. The van der Waals surface area contributed by atoms with Gasteiger partial charge in [-0.15, -0.1) is 0 Å². The average molecular weight is 455 g/mol. The molecule has 1 aliphatic rings. The van der Waals surface area contributed by atoms with E-state index >= 15 is 0 Å². The maximum Gasteiger partial charge on any atom is 0.537 e. The summed E-state index contributed by atoms with van der Waals surface area (Å²) in [6.45, 7) is 2.25. The van der Waals surface area contributed by atoms with E-state index in [0.29, 0.717) is 43.8 Å².